The molecule has 0 bridgehead atoms. The Morgan fingerprint density at radius 2 is 1.08 bits per heavy atom. The van der Waals surface area contributed by atoms with Crippen LogP contribution in [0.2, 0.25) is 0 Å². The molecule has 0 fully saturated rings. The first-order chi connectivity index (χ1) is 4.37. The quantitative estimate of drug-likeness (QED) is 0.682. The molecule has 0 spiro atoms. The molecule has 0 amide bonds. The molecular formula is C10H23O2Y-. The fourth-order valence-electron chi connectivity index (χ4n) is 0. The molecule has 0 aliphatic rings. The van der Waals surface area contributed by atoms with Gasteiger partial charge in [0, 0.05) is 38.6 Å². The van der Waals surface area contributed by atoms with E-state index in [0.717, 1.165) is 0 Å². The Balaban J connectivity index is -0.0000000279. The number of hydrogen-bond donors (Lipinski definition) is 0. The van der Waals surface area contributed by atoms with Gasteiger partial charge in [0.1, 0.15) is 11.6 Å². The second-order valence-corrected chi connectivity index (χ2v) is 2.67. The molecule has 3 heteroatoms. The summed E-state index contributed by atoms with van der Waals surface area (Å²) in [4.78, 5) is 19.6. The van der Waals surface area contributed by atoms with Crippen molar-refractivity contribution in [1.82, 2.24) is 0 Å². The minimum absolute atomic E-state index is 0. The Morgan fingerprint density at radius 1 is 1.00 bits per heavy atom. The molecule has 0 saturated carbocycles. The largest absolute Gasteiger partial charge is 0.358 e. The molecule has 0 atom stereocenters. The van der Waals surface area contributed by atoms with Crippen LogP contribution in [0.1, 0.15) is 42.0 Å². The predicted octanol–water partition coefficient (Wildman–Crippen LogP) is 2.91. The Labute approximate surface area is 109 Å². The van der Waals surface area contributed by atoms with Gasteiger partial charge in [0.2, 0.25) is 0 Å². The van der Waals surface area contributed by atoms with Crippen molar-refractivity contribution in [3.63, 3.8) is 0 Å². The van der Waals surface area contributed by atoms with Gasteiger partial charge in [-0.15, -0.1) is 0 Å². The summed E-state index contributed by atoms with van der Waals surface area (Å²) in [5.74, 6) is 0.639. The molecule has 0 aromatic rings. The first-order valence-corrected chi connectivity index (χ1v) is 3.35. The van der Waals surface area contributed by atoms with E-state index in [1.807, 2.05) is 13.8 Å². The van der Waals surface area contributed by atoms with Crippen LogP contribution in [0.5, 0.6) is 0 Å². The van der Waals surface area contributed by atoms with Crippen LogP contribution in [0.15, 0.2) is 0 Å². The molecule has 0 aliphatic carbocycles. The molecule has 0 aliphatic heterocycles. The van der Waals surface area contributed by atoms with Crippen molar-refractivity contribution in [2.24, 2.45) is 5.92 Å². The number of Topliss-reactive ketones (excluding diaryl/α,β-unsaturated/α-hetero) is 2. The second kappa shape index (κ2) is 18.3. The topological polar surface area (TPSA) is 34.1 Å². The minimum atomic E-state index is 0. The van der Waals surface area contributed by atoms with Gasteiger partial charge >= 0.3 is 0 Å². The maximum atomic E-state index is 10.1. The average molecular weight is 264 g/mol. The standard InChI is InChI=1S/C5H10O.C3H6O.CH4.CH3.Y/c1-4(2)5(3)6;1-3(2)4;;;/h4H,1-3H3;1-2H3;1H4;1H3;/q;;;-1;. The van der Waals surface area contributed by atoms with Crippen molar-refractivity contribution in [2.45, 2.75) is 42.0 Å². The molecule has 0 N–H and O–H groups in total. The van der Waals surface area contributed by atoms with E-state index >= 15 is 0 Å². The van der Waals surface area contributed by atoms with E-state index in [4.69, 9.17) is 0 Å². The zero-order valence-electron chi connectivity index (χ0n) is 8.97. The summed E-state index contributed by atoms with van der Waals surface area (Å²) in [5.41, 5.74) is 0. The summed E-state index contributed by atoms with van der Waals surface area (Å²) in [7, 11) is 0. The van der Waals surface area contributed by atoms with Crippen LogP contribution in [0.3, 0.4) is 0 Å². The van der Waals surface area contributed by atoms with E-state index in [1.165, 1.54) is 13.8 Å². The predicted molar refractivity (Wildman–Crippen MR) is 55.0 cm³/mol. The molecule has 0 heterocycles. The number of rotatable bonds is 1. The zero-order chi connectivity index (χ0) is 8.73. The van der Waals surface area contributed by atoms with Gasteiger partial charge in [-0.3, -0.25) is 4.79 Å². The van der Waals surface area contributed by atoms with Crippen molar-refractivity contribution in [3.8, 4) is 0 Å². The first-order valence-electron chi connectivity index (χ1n) is 3.35. The van der Waals surface area contributed by atoms with Gasteiger partial charge in [-0.05, 0) is 20.8 Å². The summed E-state index contributed by atoms with van der Waals surface area (Å²) in [6.45, 7) is 8.44. The Hall–Kier alpha value is 0.444. The van der Waals surface area contributed by atoms with Crippen LogP contribution in [-0.2, 0) is 42.3 Å². The summed E-state index contributed by atoms with van der Waals surface area (Å²) in [5, 5.41) is 0. The number of ketones is 2. The maximum Gasteiger partial charge on any atom is 0.132 e. The molecule has 2 nitrogen and oxygen atoms in total. The summed E-state index contributed by atoms with van der Waals surface area (Å²) < 4.78 is 0. The normalized spacial score (nSPS) is 6.31. The smallest absolute Gasteiger partial charge is 0.132 e. The van der Waals surface area contributed by atoms with Gasteiger partial charge in [-0.2, -0.15) is 0 Å². The van der Waals surface area contributed by atoms with Gasteiger partial charge in [0.15, 0.2) is 0 Å². The van der Waals surface area contributed by atoms with Gasteiger partial charge in [-0.25, -0.2) is 0 Å². The van der Waals surface area contributed by atoms with Crippen LogP contribution >= 0.6 is 0 Å². The van der Waals surface area contributed by atoms with Crippen molar-refractivity contribution in [1.29, 1.82) is 0 Å². The van der Waals surface area contributed by atoms with Crippen LogP contribution < -0.4 is 0 Å². The van der Waals surface area contributed by atoms with Gasteiger partial charge < -0.3 is 12.2 Å². The molecule has 0 unspecified atom stereocenters. The second-order valence-electron chi connectivity index (χ2n) is 2.67. The molecule has 0 aromatic heterocycles. The van der Waals surface area contributed by atoms with Gasteiger partial charge in [0.05, 0.1) is 0 Å². The molecule has 79 valence electrons. The average Bonchev–Trinajstić information content (AvgIpc) is 1.63. The van der Waals surface area contributed by atoms with Crippen LogP contribution in [-0.4, -0.2) is 11.6 Å². The maximum absolute atomic E-state index is 10.1. The molecule has 1 radical (unpaired) electrons. The van der Waals surface area contributed by atoms with E-state index in [9.17, 15) is 9.59 Å². The van der Waals surface area contributed by atoms with Gasteiger partial charge in [-0.1, -0.05) is 21.3 Å². The van der Waals surface area contributed by atoms with E-state index in [0.29, 0.717) is 0 Å². The minimum Gasteiger partial charge on any atom is -0.358 e. The van der Waals surface area contributed by atoms with E-state index < -0.39 is 0 Å². The first kappa shape index (κ1) is 29.2. The third-order valence-corrected chi connectivity index (χ3v) is 0.813. The third kappa shape index (κ3) is 68.7. The number of carbonyl (C=O) groups excluding carboxylic acids is 2. The molecule has 0 saturated heterocycles. The van der Waals surface area contributed by atoms with Crippen molar-refractivity contribution in [3.05, 3.63) is 7.43 Å². The molecule has 0 aromatic carbocycles. The van der Waals surface area contributed by atoms with Gasteiger partial charge in [0.25, 0.3) is 0 Å². The molecule has 0 rings (SSSR count). The number of hydrogen-bond acceptors (Lipinski definition) is 2. The SMILES string of the molecule is C.CC(=O)C(C)C.CC(C)=O.[CH3-].[Y]. The summed E-state index contributed by atoms with van der Waals surface area (Å²) in [6.07, 6.45) is 0. The Bertz CT molecular complexity index is 116. The zero-order valence-corrected chi connectivity index (χ0v) is 11.8. The monoisotopic (exact) mass is 264 g/mol. The van der Waals surface area contributed by atoms with E-state index in [-0.39, 0.29) is 65.0 Å². The van der Waals surface area contributed by atoms with E-state index in [2.05, 4.69) is 0 Å². The third-order valence-electron chi connectivity index (χ3n) is 0.813. The van der Waals surface area contributed by atoms with Crippen LogP contribution in [0, 0.1) is 13.3 Å². The molecule has 13 heavy (non-hydrogen) atoms. The van der Waals surface area contributed by atoms with Crippen molar-refractivity contribution < 1.29 is 42.3 Å². The fourth-order valence-corrected chi connectivity index (χ4v) is 0. The van der Waals surface area contributed by atoms with Crippen molar-refractivity contribution >= 4 is 11.6 Å². The number of carbonyl (C=O) groups is 2. The Kier molecular flexibility index (Phi) is 41.0. The van der Waals surface area contributed by atoms with Crippen molar-refractivity contribution in [2.75, 3.05) is 0 Å². The summed E-state index contributed by atoms with van der Waals surface area (Å²) >= 11 is 0. The summed E-state index contributed by atoms with van der Waals surface area (Å²) in [6, 6.07) is 0. The Morgan fingerprint density at radius 3 is 1.08 bits per heavy atom. The van der Waals surface area contributed by atoms with E-state index in [1.54, 1.807) is 6.92 Å². The fraction of sp³-hybridized carbons (Fsp3) is 0.700. The van der Waals surface area contributed by atoms with Crippen LogP contribution in [0.4, 0.5) is 0 Å². The molecular weight excluding hydrogens is 241 g/mol. The van der Waals surface area contributed by atoms with Crippen LogP contribution in [0.25, 0.3) is 0 Å².